The molecule has 124 valence electrons. The van der Waals surface area contributed by atoms with Crippen molar-refractivity contribution in [1.82, 2.24) is 5.32 Å². The van der Waals surface area contributed by atoms with E-state index in [1.54, 1.807) is 18.2 Å². The van der Waals surface area contributed by atoms with Gasteiger partial charge in [0.05, 0.1) is 7.11 Å². The van der Waals surface area contributed by atoms with Crippen LogP contribution in [0.25, 0.3) is 0 Å². The van der Waals surface area contributed by atoms with Crippen molar-refractivity contribution in [2.24, 2.45) is 0 Å². The minimum absolute atomic E-state index is 0.0645. The fraction of sp³-hybridized carbons (Fsp3) is 0.294. The Morgan fingerprint density at radius 2 is 1.83 bits per heavy atom. The predicted octanol–water partition coefficient (Wildman–Crippen LogP) is 2.25. The molecule has 1 aromatic carbocycles. The maximum Gasteiger partial charge on any atom is 0.408 e. The van der Waals surface area contributed by atoms with Crippen LogP contribution in [0, 0.1) is 0 Å². The van der Waals surface area contributed by atoms with E-state index in [0.29, 0.717) is 12.4 Å². The third-order valence-electron chi connectivity index (χ3n) is 2.84. The van der Waals surface area contributed by atoms with Crippen LogP contribution in [0.2, 0.25) is 0 Å². The van der Waals surface area contributed by atoms with Crippen molar-refractivity contribution < 1.29 is 23.8 Å². The molecule has 1 N–H and O–H groups in total. The predicted molar refractivity (Wildman–Crippen MR) is 86.3 cm³/mol. The number of carbonyl (C=O) groups is 2. The highest BCUT2D eigenvalue weighted by atomic mass is 16.6. The minimum atomic E-state index is -0.836. The zero-order valence-electron chi connectivity index (χ0n) is 13.1. The van der Waals surface area contributed by atoms with E-state index in [1.807, 2.05) is 12.1 Å². The van der Waals surface area contributed by atoms with Gasteiger partial charge in [-0.2, -0.15) is 0 Å². The van der Waals surface area contributed by atoms with E-state index in [-0.39, 0.29) is 13.0 Å². The second kappa shape index (κ2) is 10.0. The number of rotatable bonds is 9. The fourth-order valence-electron chi connectivity index (χ4n) is 1.77. The van der Waals surface area contributed by atoms with Crippen molar-refractivity contribution in [2.45, 2.75) is 12.5 Å². The molecule has 1 amide bonds. The summed E-state index contributed by atoms with van der Waals surface area (Å²) in [5, 5.41) is 2.47. The maximum atomic E-state index is 11.8. The zero-order chi connectivity index (χ0) is 17.1. The van der Waals surface area contributed by atoms with Gasteiger partial charge in [0.2, 0.25) is 0 Å². The summed E-state index contributed by atoms with van der Waals surface area (Å²) in [6, 6.07) is 6.35. The zero-order valence-corrected chi connectivity index (χ0v) is 13.1. The van der Waals surface area contributed by atoms with Gasteiger partial charge in [0.1, 0.15) is 25.0 Å². The summed E-state index contributed by atoms with van der Waals surface area (Å²) in [6.45, 7) is 7.50. The number of alkyl carbamates (subject to hydrolysis) is 1. The van der Waals surface area contributed by atoms with Gasteiger partial charge in [-0.3, -0.25) is 0 Å². The third kappa shape index (κ3) is 6.69. The van der Waals surface area contributed by atoms with Gasteiger partial charge < -0.3 is 19.5 Å². The molecule has 0 aliphatic carbocycles. The Morgan fingerprint density at radius 3 is 2.39 bits per heavy atom. The van der Waals surface area contributed by atoms with Gasteiger partial charge in [-0.05, 0) is 17.7 Å². The lowest BCUT2D eigenvalue weighted by molar-refractivity contribution is -0.142. The molecule has 6 heteroatoms. The van der Waals surface area contributed by atoms with Crippen LogP contribution in [-0.4, -0.2) is 38.4 Å². The average molecular weight is 319 g/mol. The Kier molecular flexibility index (Phi) is 7.99. The topological polar surface area (TPSA) is 73.9 Å². The molecule has 1 rings (SSSR count). The van der Waals surface area contributed by atoms with E-state index >= 15 is 0 Å². The molecule has 23 heavy (non-hydrogen) atoms. The number of ether oxygens (including phenoxy) is 3. The molecule has 0 aliphatic heterocycles. The molecule has 6 nitrogen and oxygen atoms in total. The average Bonchev–Trinajstić information content (AvgIpc) is 2.58. The first-order chi connectivity index (χ1) is 11.1. The first kappa shape index (κ1) is 18.3. The Balaban J connectivity index is 2.68. The number of hydrogen-bond acceptors (Lipinski definition) is 5. The number of nitrogens with one attached hydrogen (secondary N) is 1. The SMILES string of the molecule is C=CCOC(=O)NC(Cc1ccc(OCC=C)cc1)C(=O)OC. The van der Waals surface area contributed by atoms with Gasteiger partial charge in [-0.1, -0.05) is 37.4 Å². The highest BCUT2D eigenvalue weighted by Crippen LogP contribution is 2.14. The van der Waals surface area contributed by atoms with Crippen molar-refractivity contribution in [3.05, 3.63) is 55.1 Å². The van der Waals surface area contributed by atoms with Crippen LogP contribution < -0.4 is 10.1 Å². The maximum absolute atomic E-state index is 11.8. The van der Waals surface area contributed by atoms with Crippen molar-refractivity contribution in [2.75, 3.05) is 20.3 Å². The summed E-state index contributed by atoms with van der Waals surface area (Å²) in [5.74, 6) is 0.147. The lowest BCUT2D eigenvalue weighted by Gasteiger charge is -2.16. The van der Waals surface area contributed by atoms with Gasteiger partial charge in [0.25, 0.3) is 0 Å². The third-order valence-corrected chi connectivity index (χ3v) is 2.84. The van der Waals surface area contributed by atoms with Gasteiger partial charge in [-0.25, -0.2) is 9.59 Å². The molecule has 0 spiro atoms. The van der Waals surface area contributed by atoms with Gasteiger partial charge >= 0.3 is 12.1 Å². The fourth-order valence-corrected chi connectivity index (χ4v) is 1.77. The summed E-state index contributed by atoms with van der Waals surface area (Å²) in [6.07, 6.45) is 2.66. The Bertz CT molecular complexity index is 538. The van der Waals surface area contributed by atoms with E-state index in [0.717, 1.165) is 5.56 Å². The number of amides is 1. The van der Waals surface area contributed by atoms with Crippen molar-refractivity contribution >= 4 is 12.1 Å². The van der Waals surface area contributed by atoms with Crippen LogP contribution in [0.3, 0.4) is 0 Å². The Morgan fingerprint density at radius 1 is 1.17 bits per heavy atom. The van der Waals surface area contributed by atoms with Crippen LogP contribution in [0.5, 0.6) is 5.75 Å². The van der Waals surface area contributed by atoms with Crippen LogP contribution in [0.1, 0.15) is 5.56 Å². The number of methoxy groups -OCH3 is 1. The highest BCUT2D eigenvalue weighted by molar-refractivity contribution is 5.81. The number of benzene rings is 1. The number of esters is 1. The summed E-state index contributed by atoms with van der Waals surface area (Å²) < 4.78 is 14.9. The molecular weight excluding hydrogens is 298 g/mol. The van der Waals surface area contributed by atoms with E-state index in [4.69, 9.17) is 14.2 Å². The summed E-state index contributed by atoms with van der Waals surface area (Å²) >= 11 is 0. The lowest BCUT2D eigenvalue weighted by Crippen LogP contribution is -2.43. The summed E-state index contributed by atoms with van der Waals surface area (Å²) in [7, 11) is 1.26. The largest absolute Gasteiger partial charge is 0.490 e. The quantitative estimate of drug-likeness (QED) is 0.558. The normalized spacial score (nSPS) is 11.0. The van der Waals surface area contributed by atoms with Gasteiger partial charge in [0, 0.05) is 6.42 Å². The van der Waals surface area contributed by atoms with Gasteiger partial charge in [0.15, 0.2) is 0 Å². The van der Waals surface area contributed by atoms with Crippen molar-refractivity contribution in [1.29, 1.82) is 0 Å². The molecule has 0 saturated heterocycles. The minimum Gasteiger partial charge on any atom is -0.490 e. The second-order valence-electron chi connectivity index (χ2n) is 4.55. The molecular formula is C17H21NO5. The van der Waals surface area contributed by atoms with Crippen LogP contribution in [-0.2, 0) is 20.7 Å². The molecule has 0 aliphatic rings. The number of hydrogen-bond donors (Lipinski definition) is 1. The van der Waals surface area contributed by atoms with E-state index < -0.39 is 18.1 Å². The molecule has 1 aromatic rings. The monoisotopic (exact) mass is 319 g/mol. The lowest BCUT2D eigenvalue weighted by atomic mass is 10.1. The smallest absolute Gasteiger partial charge is 0.408 e. The summed E-state index contributed by atoms with van der Waals surface area (Å²) in [4.78, 5) is 23.4. The van der Waals surface area contributed by atoms with Crippen LogP contribution in [0.15, 0.2) is 49.6 Å². The summed E-state index contributed by atoms with van der Waals surface area (Å²) in [5.41, 5.74) is 0.843. The Hall–Kier alpha value is -2.76. The van der Waals surface area contributed by atoms with E-state index in [9.17, 15) is 9.59 Å². The standard InChI is InChI=1S/C17H21NO5/c1-4-10-22-14-8-6-13(7-9-14)12-15(16(19)21-3)18-17(20)23-11-5-2/h4-9,15H,1-2,10-12H2,3H3,(H,18,20). The van der Waals surface area contributed by atoms with Crippen LogP contribution in [0.4, 0.5) is 4.79 Å². The Labute approximate surface area is 135 Å². The first-order valence-electron chi connectivity index (χ1n) is 7.05. The molecule has 1 atom stereocenters. The molecule has 0 saturated carbocycles. The highest BCUT2D eigenvalue weighted by Gasteiger charge is 2.22. The molecule has 0 heterocycles. The molecule has 0 bridgehead atoms. The number of carbonyl (C=O) groups excluding carboxylic acids is 2. The molecule has 0 radical (unpaired) electrons. The molecule has 0 fully saturated rings. The van der Waals surface area contributed by atoms with E-state index in [2.05, 4.69) is 18.5 Å². The van der Waals surface area contributed by atoms with Crippen molar-refractivity contribution in [3.63, 3.8) is 0 Å². The second-order valence-corrected chi connectivity index (χ2v) is 4.55. The van der Waals surface area contributed by atoms with Crippen LogP contribution >= 0.6 is 0 Å². The van der Waals surface area contributed by atoms with E-state index in [1.165, 1.54) is 13.2 Å². The first-order valence-corrected chi connectivity index (χ1v) is 7.05. The molecule has 0 aromatic heterocycles. The van der Waals surface area contributed by atoms with Crippen molar-refractivity contribution in [3.8, 4) is 5.75 Å². The van der Waals surface area contributed by atoms with Gasteiger partial charge in [-0.15, -0.1) is 0 Å². The molecule has 1 unspecified atom stereocenters.